The van der Waals surface area contributed by atoms with Crippen LogP contribution >= 0.6 is 12.4 Å². The zero-order chi connectivity index (χ0) is 13.9. The van der Waals surface area contributed by atoms with E-state index in [0.717, 1.165) is 31.6 Å². The highest BCUT2D eigenvalue weighted by Crippen LogP contribution is 2.31. The van der Waals surface area contributed by atoms with Gasteiger partial charge in [-0.1, -0.05) is 12.1 Å². The van der Waals surface area contributed by atoms with E-state index in [1.807, 2.05) is 4.90 Å². The van der Waals surface area contributed by atoms with Gasteiger partial charge >= 0.3 is 0 Å². The van der Waals surface area contributed by atoms with Crippen LogP contribution < -0.4 is 5.32 Å². The third-order valence-corrected chi connectivity index (χ3v) is 4.18. The Hall–Kier alpha value is -1.13. The number of hydrogen-bond acceptors (Lipinski definition) is 2. The Balaban J connectivity index is 0.00000161. The Morgan fingerprint density at radius 1 is 1.24 bits per heavy atom. The predicted octanol–water partition coefficient (Wildman–Crippen LogP) is 2.60. The maximum Gasteiger partial charge on any atom is 0.227 e. The maximum atomic E-state index is 13.0. The predicted molar refractivity (Wildman–Crippen MR) is 82.8 cm³/mol. The van der Waals surface area contributed by atoms with Gasteiger partial charge in [-0.05, 0) is 49.4 Å². The molecule has 1 aliphatic heterocycles. The molecule has 3 nitrogen and oxygen atoms in total. The Kier molecular flexibility index (Phi) is 5.59. The Morgan fingerprint density at radius 3 is 2.52 bits per heavy atom. The molecule has 1 aromatic carbocycles. The topological polar surface area (TPSA) is 32.3 Å². The van der Waals surface area contributed by atoms with E-state index in [-0.39, 0.29) is 30.0 Å². The molecule has 0 aromatic heterocycles. The molecule has 1 unspecified atom stereocenters. The number of carbonyl (C=O) groups is 1. The summed E-state index contributed by atoms with van der Waals surface area (Å²) in [5.41, 5.74) is 1.01. The first kappa shape index (κ1) is 16.2. The lowest BCUT2D eigenvalue weighted by Crippen LogP contribution is -2.38. The molecule has 1 saturated carbocycles. The number of rotatable bonds is 5. The lowest BCUT2D eigenvalue weighted by molar-refractivity contribution is -0.135. The maximum absolute atomic E-state index is 13.0. The second kappa shape index (κ2) is 7.23. The van der Waals surface area contributed by atoms with Gasteiger partial charge in [0.25, 0.3) is 0 Å². The molecule has 1 saturated heterocycles. The normalized spacial score (nSPS) is 20.9. The third kappa shape index (κ3) is 4.42. The SMILES string of the molecule is Cl.O=C(C1CCNC1)N(Cc1ccc(F)cc1)CC1CC1. The van der Waals surface area contributed by atoms with Crippen molar-refractivity contribution in [2.24, 2.45) is 11.8 Å². The minimum absolute atomic E-state index is 0. The van der Waals surface area contributed by atoms with Crippen LogP contribution in [-0.2, 0) is 11.3 Å². The van der Waals surface area contributed by atoms with Crippen molar-refractivity contribution in [1.82, 2.24) is 10.2 Å². The van der Waals surface area contributed by atoms with Gasteiger partial charge in [0.15, 0.2) is 0 Å². The van der Waals surface area contributed by atoms with Gasteiger partial charge in [-0.15, -0.1) is 12.4 Å². The minimum Gasteiger partial charge on any atom is -0.338 e. The number of hydrogen-bond donors (Lipinski definition) is 1. The fourth-order valence-electron chi connectivity index (χ4n) is 2.78. The third-order valence-electron chi connectivity index (χ3n) is 4.18. The number of amides is 1. The van der Waals surface area contributed by atoms with E-state index in [9.17, 15) is 9.18 Å². The van der Waals surface area contributed by atoms with E-state index in [0.29, 0.717) is 12.5 Å². The van der Waals surface area contributed by atoms with Gasteiger partial charge in [-0.3, -0.25) is 4.79 Å². The molecule has 1 aliphatic carbocycles. The van der Waals surface area contributed by atoms with E-state index in [1.165, 1.54) is 25.0 Å². The Morgan fingerprint density at radius 2 is 1.95 bits per heavy atom. The lowest BCUT2D eigenvalue weighted by Gasteiger charge is -2.25. The summed E-state index contributed by atoms with van der Waals surface area (Å²) in [5.74, 6) is 0.822. The van der Waals surface area contributed by atoms with Crippen molar-refractivity contribution in [3.05, 3.63) is 35.6 Å². The standard InChI is InChI=1S/C16H21FN2O.ClH/c17-15-5-3-13(4-6-15)11-19(10-12-1-2-12)16(20)14-7-8-18-9-14;/h3-6,12,14,18H,1-2,7-11H2;1H. The minimum atomic E-state index is -0.228. The second-order valence-corrected chi connectivity index (χ2v) is 5.98. The molecule has 0 radical (unpaired) electrons. The first-order valence-electron chi connectivity index (χ1n) is 7.46. The van der Waals surface area contributed by atoms with Crippen LogP contribution in [0.4, 0.5) is 4.39 Å². The number of benzene rings is 1. The van der Waals surface area contributed by atoms with Crippen LogP contribution in [-0.4, -0.2) is 30.4 Å². The van der Waals surface area contributed by atoms with Gasteiger partial charge in [0.05, 0.1) is 5.92 Å². The number of halogens is 2. The molecule has 2 aliphatic rings. The van der Waals surface area contributed by atoms with Gasteiger partial charge in [0, 0.05) is 19.6 Å². The quantitative estimate of drug-likeness (QED) is 0.906. The molecule has 1 atom stereocenters. The molecule has 0 bridgehead atoms. The molecule has 116 valence electrons. The number of nitrogens with zero attached hydrogens (tertiary/aromatic N) is 1. The number of nitrogens with one attached hydrogen (secondary N) is 1. The van der Waals surface area contributed by atoms with Gasteiger partial charge in [-0.2, -0.15) is 0 Å². The van der Waals surface area contributed by atoms with Gasteiger partial charge < -0.3 is 10.2 Å². The molecule has 5 heteroatoms. The summed E-state index contributed by atoms with van der Waals surface area (Å²) in [5, 5.41) is 3.25. The van der Waals surface area contributed by atoms with Crippen LogP contribution in [0.25, 0.3) is 0 Å². The van der Waals surface area contributed by atoms with Crippen LogP contribution in [0.2, 0.25) is 0 Å². The average molecular weight is 313 g/mol. The van der Waals surface area contributed by atoms with E-state index in [2.05, 4.69) is 5.32 Å². The van der Waals surface area contributed by atoms with E-state index < -0.39 is 0 Å². The van der Waals surface area contributed by atoms with Gasteiger partial charge in [-0.25, -0.2) is 4.39 Å². The van der Waals surface area contributed by atoms with Gasteiger partial charge in [0.2, 0.25) is 5.91 Å². The Labute approximate surface area is 131 Å². The summed E-state index contributed by atoms with van der Waals surface area (Å²) in [6, 6.07) is 6.48. The average Bonchev–Trinajstić information content (AvgIpc) is 3.10. The van der Waals surface area contributed by atoms with Crippen LogP contribution in [0.1, 0.15) is 24.8 Å². The van der Waals surface area contributed by atoms with Crippen molar-refractivity contribution in [3.63, 3.8) is 0 Å². The van der Waals surface area contributed by atoms with Crippen molar-refractivity contribution in [3.8, 4) is 0 Å². The van der Waals surface area contributed by atoms with Crippen LogP contribution in [0.5, 0.6) is 0 Å². The van der Waals surface area contributed by atoms with Gasteiger partial charge in [0.1, 0.15) is 5.82 Å². The summed E-state index contributed by atoms with van der Waals surface area (Å²) in [6.45, 7) is 3.19. The molecule has 21 heavy (non-hydrogen) atoms. The molecule has 1 amide bonds. The zero-order valence-corrected chi connectivity index (χ0v) is 12.9. The summed E-state index contributed by atoms with van der Waals surface area (Å²) >= 11 is 0. The second-order valence-electron chi connectivity index (χ2n) is 5.98. The molecule has 2 fully saturated rings. The summed E-state index contributed by atoms with van der Waals surface area (Å²) in [4.78, 5) is 14.6. The monoisotopic (exact) mass is 312 g/mol. The van der Waals surface area contributed by atoms with Crippen LogP contribution in [0.3, 0.4) is 0 Å². The smallest absolute Gasteiger partial charge is 0.227 e. The Bertz CT molecular complexity index is 470. The molecule has 1 N–H and O–H groups in total. The summed E-state index contributed by atoms with van der Waals surface area (Å²) in [6.07, 6.45) is 3.40. The molecular formula is C16H22ClFN2O. The van der Waals surface area contributed by atoms with Crippen molar-refractivity contribution in [1.29, 1.82) is 0 Å². The first-order chi connectivity index (χ1) is 9.72. The first-order valence-corrected chi connectivity index (χ1v) is 7.46. The summed E-state index contributed by atoms with van der Waals surface area (Å²) < 4.78 is 13.0. The fourth-order valence-corrected chi connectivity index (χ4v) is 2.78. The molecule has 0 spiro atoms. The molecule has 1 aromatic rings. The number of carbonyl (C=O) groups excluding carboxylic acids is 1. The highest BCUT2D eigenvalue weighted by molar-refractivity contribution is 5.85. The van der Waals surface area contributed by atoms with Crippen molar-refractivity contribution in [2.75, 3.05) is 19.6 Å². The van der Waals surface area contributed by atoms with Crippen molar-refractivity contribution >= 4 is 18.3 Å². The zero-order valence-electron chi connectivity index (χ0n) is 12.1. The van der Waals surface area contributed by atoms with Crippen LogP contribution in [0, 0.1) is 17.7 Å². The van der Waals surface area contributed by atoms with Crippen molar-refractivity contribution in [2.45, 2.75) is 25.8 Å². The fraction of sp³-hybridized carbons (Fsp3) is 0.562. The molecular weight excluding hydrogens is 291 g/mol. The van der Waals surface area contributed by atoms with Crippen molar-refractivity contribution < 1.29 is 9.18 Å². The van der Waals surface area contributed by atoms with E-state index in [1.54, 1.807) is 12.1 Å². The van der Waals surface area contributed by atoms with E-state index >= 15 is 0 Å². The highest BCUT2D eigenvalue weighted by atomic mass is 35.5. The lowest BCUT2D eigenvalue weighted by atomic mass is 10.1. The van der Waals surface area contributed by atoms with Crippen LogP contribution in [0.15, 0.2) is 24.3 Å². The van der Waals surface area contributed by atoms with E-state index in [4.69, 9.17) is 0 Å². The summed E-state index contributed by atoms with van der Waals surface area (Å²) in [7, 11) is 0. The molecule has 1 heterocycles. The largest absolute Gasteiger partial charge is 0.338 e. The molecule has 3 rings (SSSR count). The highest BCUT2D eigenvalue weighted by Gasteiger charge is 2.31.